The van der Waals surface area contributed by atoms with Gasteiger partial charge >= 0.3 is 0 Å². The second-order valence-corrected chi connectivity index (χ2v) is 19.1. The lowest BCUT2D eigenvalue weighted by atomic mass is 9.51. The minimum absolute atomic E-state index is 0.504. The summed E-state index contributed by atoms with van der Waals surface area (Å²) in [5.74, 6) is 0. The van der Waals surface area contributed by atoms with Gasteiger partial charge in [-0.25, -0.2) is 0 Å². The van der Waals surface area contributed by atoms with Crippen molar-refractivity contribution in [1.29, 1.82) is 0 Å². The second kappa shape index (κ2) is 21.4. The van der Waals surface area contributed by atoms with E-state index in [4.69, 9.17) is 10.7 Å². The Morgan fingerprint density at radius 3 is 1.53 bits per heavy atom. The smallest absolute Gasteiger partial charge is 0.0726 e. The normalized spacial score (nSPS) is 15.3. The zero-order valence-corrected chi connectivity index (χ0v) is 43.6. The highest BCUT2D eigenvalue weighted by Crippen LogP contribution is 2.67. The van der Waals surface area contributed by atoms with E-state index in [9.17, 15) is 0 Å². The number of benzene rings is 9. The minimum Gasteiger partial charge on any atom is -0.399 e. The van der Waals surface area contributed by atoms with Crippen molar-refractivity contribution in [1.82, 2.24) is 0 Å². The van der Waals surface area contributed by atoms with Crippen molar-refractivity contribution >= 4 is 17.0 Å². The van der Waals surface area contributed by atoms with Crippen molar-refractivity contribution in [3.8, 4) is 33.4 Å². The number of fused-ring (bicyclic) bond motifs is 13. The number of hydrogen-bond donors (Lipinski definition) is 1. The van der Waals surface area contributed by atoms with Gasteiger partial charge in [-0.05, 0) is 132 Å². The van der Waals surface area contributed by atoms with Gasteiger partial charge in [0.15, 0.2) is 0 Å². The van der Waals surface area contributed by atoms with Gasteiger partial charge < -0.3 is 5.73 Å². The molecule has 2 nitrogen and oxygen atoms in total. The molecule has 3 aliphatic rings. The maximum absolute atomic E-state index is 5.67. The van der Waals surface area contributed by atoms with Gasteiger partial charge in [0.05, 0.1) is 17.4 Å². The SMILES string of the molecule is C=C(N)c1cccc(-c2ccccc2)c1.CC.CC/C=C\C1=C(CC)c2ccccc2C12c1ccccc1C1(c3ccccc3-c3ccccc31)c1c(C(CC)=NCc3cccc(-c4ccccc4)c3)cccc12. The Labute approximate surface area is 440 Å². The lowest BCUT2D eigenvalue weighted by Gasteiger charge is -2.50. The van der Waals surface area contributed by atoms with Crippen LogP contribution in [0.1, 0.15) is 115 Å². The maximum atomic E-state index is 5.67. The Kier molecular flexibility index (Phi) is 14.2. The number of allylic oxidation sites excluding steroid dienone is 4. The van der Waals surface area contributed by atoms with Gasteiger partial charge in [0, 0.05) is 17.0 Å². The molecule has 0 amide bonds. The zero-order chi connectivity index (χ0) is 51.2. The third kappa shape index (κ3) is 8.20. The first-order chi connectivity index (χ1) is 36.4. The first-order valence-corrected chi connectivity index (χ1v) is 26.7. The van der Waals surface area contributed by atoms with Crippen LogP contribution in [-0.4, -0.2) is 5.71 Å². The molecule has 9 aromatic carbocycles. The number of aliphatic imine (C=N–C) groups is 1. The molecule has 0 saturated carbocycles. The minimum atomic E-state index is -0.548. The molecule has 0 aliphatic heterocycles. The van der Waals surface area contributed by atoms with Crippen molar-refractivity contribution in [2.24, 2.45) is 10.7 Å². The largest absolute Gasteiger partial charge is 0.399 e. The summed E-state index contributed by atoms with van der Waals surface area (Å²) >= 11 is 0. The highest BCUT2D eigenvalue weighted by molar-refractivity contribution is 6.05. The summed E-state index contributed by atoms with van der Waals surface area (Å²) < 4.78 is 0. The maximum Gasteiger partial charge on any atom is 0.0726 e. The van der Waals surface area contributed by atoms with Gasteiger partial charge in [-0.1, -0.05) is 266 Å². The number of rotatable bonds is 10. The fourth-order valence-electron chi connectivity index (χ4n) is 12.3. The molecule has 2 N–H and O–H groups in total. The van der Waals surface area contributed by atoms with E-state index in [0.717, 1.165) is 30.5 Å². The van der Waals surface area contributed by atoms with Crippen LogP contribution >= 0.6 is 0 Å². The Morgan fingerprint density at radius 1 is 0.486 bits per heavy atom. The van der Waals surface area contributed by atoms with Crippen LogP contribution in [0, 0.1) is 0 Å². The van der Waals surface area contributed by atoms with Gasteiger partial charge in [-0.2, -0.15) is 0 Å². The molecular weight excluding hydrogens is 893 g/mol. The van der Waals surface area contributed by atoms with E-state index < -0.39 is 10.8 Å². The van der Waals surface area contributed by atoms with E-state index in [1.54, 1.807) is 0 Å². The number of nitrogens with two attached hydrogens (primary N) is 1. The molecule has 1 unspecified atom stereocenters. The van der Waals surface area contributed by atoms with E-state index in [0.29, 0.717) is 12.2 Å². The summed E-state index contributed by atoms with van der Waals surface area (Å²) in [5.41, 5.74) is 31.0. The lowest BCUT2D eigenvalue weighted by molar-refractivity contribution is 0.628. The molecule has 364 valence electrons. The summed E-state index contributed by atoms with van der Waals surface area (Å²) in [6.07, 6.45) is 7.59. The van der Waals surface area contributed by atoms with Crippen molar-refractivity contribution in [3.63, 3.8) is 0 Å². The van der Waals surface area contributed by atoms with Gasteiger partial charge in [0.25, 0.3) is 0 Å². The molecule has 0 fully saturated rings. The molecule has 0 bridgehead atoms. The van der Waals surface area contributed by atoms with E-state index >= 15 is 0 Å². The topological polar surface area (TPSA) is 38.4 Å². The Bertz CT molecular complexity index is 3540. The van der Waals surface area contributed by atoms with Gasteiger partial charge in [-0.15, -0.1) is 0 Å². The monoisotopic (exact) mass is 959 g/mol. The van der Waals surface area contributed by atoms with Crippen LogP contribution in [0.5, 0.6) is 0 Å². The molecule has 74 heavy (non-hydrogen) atoms. The molecule has 2 heteroatoms. The van der Waals surface area contributed by atoms with Gasteiger partial charge in [-0.3, -0.25) is 4.99 Å². The molecule has 0 radical (unpaired) electrons. The Hall–Kier alpha value is -8.33. The van der Waals surface area contributed by atoms with Crippen LogP contribution in [0.4, 0.5) is 0 Å². The summed E-state index contributed by atoms with van der Waals surface area (Å²) in [7, 11) is 0. The van der Waals surface area contributed by atoms with Crippen LogP contribution < -0.4 is 5.73 Å². The van der Waals surface area contributed by atoms with Crippen LogP contribution in [0.2, 0.25) is 0 Å². The third-order valence-electron chi connectivity index (χ3n) is 15.3. The van der Waals surface area contributed by atoms with Crippen molar-refractivity contribution in [3.05, 3.63) is 310 Å². The van der Waals surface area contributed by atoms with E-state index in [-0.39, 0.29) is 0 Å². The first kappa shape index (κ1) is 49.3. The molecular formula is C72H66N2. The average molecular weight is 959 g/mol. The number of hydrogen-bond acceptors (Lipinski definition) is 2. The van der Waals surface area contributed by atoms with Gasteiger partial charge in [0.1, 0.15) is 0 Å². The molecule has 0 heterocycles. The van der Waals surface area contributed by atoms with Crippen molar-refractivity contribution in [2.45, 2.75) is 71.3 Å². The molecule has 1 atom stereocenters. The molecule has 3 aliphatic carbocycles. The molecule has 0 aromatic heterocycles. The van der Waals surface area contributed by atoms with Crippen LogP contribution in [0.3, 0.4) is 0 Å². The van der Waals surface area contributed by atoms with Gasteiger partial charge in [0.2, 0.25) is 0 Å². The average Bonchev–Trinajstić information content (AvgIpc) is 3.99. The summed E-state index contributed by atoms with van der Waals surface area (Å²) in [5, 5.41) is 0. The fourth-order valence-corrected chi connectivity index (χ4v) is 12.3. The Morgan fingerprint density at radius 2 is 0.959 bits per heavy atom. The third-order valence-corrected chi connectivity index (χ3v) is 15.3. The highest BCUT2D eigenvalue weighted by Gasteiger charge is 2.59. The zero-order valence-electron chi connectivity index (χ0n) is 43.6. The van der Waals surface area contributed by atoms with Crippen LogP contribution in [-0.2, 0) is 17.4 Å². The Balaban J connectivity index is 0.000000314. The predicted molar refractivity (Wildman–Crippen MR) is 316 cm³/mol. The molecule has 9 aromatic rings. The van der Waals surface area contributed by atoms with Crippen LogP contribution in [0.15, 0.2) is 254 Å². The summed E-state index contributed by atoms with van der Waals surface area (Å²) in [6.45, 7) is 15.2. The molecule has 12 rings (SSSR count). The van der Waals surface area contributed by atoms with E-state index in [1.807, 2.05) is 44.2 Å². The van der Waals surface area contributed by atoms with Crippen molar-refractivity contribution in [2.75, 3.05) is 0 Å². The van der Waals surface area contributed by atoms with Crippen LogP contribution in [0.25, 0.3) is 44.7 Å². The quantitative estimate of drug-likeness (QED) is 0.136. The van der Waals surface area contributed by atoms with E-state index in [2.05, 4.69) is 234 Å². The first-order valence-electron chi connectivity index (χ1n) is 26.7. The fraction of sp³-hybridized carbons (Fsp3) is 0.153. The predicted octanol–water partition coefficient (Wildman–Crippen LogP) is 18.2. The highest BCUT2D eigenvalue weighted by atomic mass is 14.7. The lowest BCUT2D eigenvalue weighted by Crippen LogP contribution is -2.45. The second-order valence-electron chi connectivity index (χ2n) is 19.1. The standard InChI is InChI=1S/C56H47N.C14H13N.C2H6/c1-4-7-29-46-41(5-2)42-25-11-14-30-47(42)55(46)50-33-17-18-34-51(50)56(48-31-15-12-26-43(48)44-27-13-16-32-49(44)56)54-45(28-20-35-52(54)55)53(6-3)57-37-38-21-19-24-40(36-38)39-22-9-8-10-23-39;1-11(15)13-8-5-9-14(10-13)12-6-3-2-4-7-12;1-2/h7-36H,4-6,37H2,1-3H3;2-10H,1,15H2;1-2H3/b29-7-,57-53?;;. The van der Waals surface area contributed by atoms with E-state index in [1.165, 1.54) is 100 Å². The van der Waals surface area contributed by atoms with Crippen molar-refractivity contribution < 1.29 is 0 Å². The summed E-state index contributed by atoms with van der Waals surface area (Å²) in [6, 6.07) is 82.1. The molecule has 0 saturated heterocycles. The molecule has 2 spiro atoms. The number of nitrogens with zero attached hydrogens (tertiary/aromatic N) is 1. The summed E-state index contributed by atoms with van der Waals surface area (Å²) in [4.78, 5) is 5.60.